The minimum Gasteiger partial charge on any atom is -0.358 e. The summed E-state index contributed by atoms with van der Waals surface area (Å²) in [5.74, 6) is -2.19. The van der Waals surface area contributed by atoms with Crippen LogP contribution < -0.4 is 10.6 Å². The maximum absolute atomic E-state index is 13.3. The van der Waals surface area contributed by atoms with Crippen LogP contribution in [-0.4, -0.2) is 30.3 Å². The Morgan fingerprint density at radius 2 is 2.11 bits per heavy atom. The SMILES string of the molecule is CNC(=O)CNC(=O)c1cc(F)c(Br)cc1[N+](=O)[O-]. The Morgan fingerprint density at radius 3 is 2.63 bits per heavy atom. The van der Waals surface area contributed by atoms with E-state index in [0.29, 0.717) is 0 Å². The van der Waals surface area contributed by atoms with Gasteiger partial charge in [-0.25, -0.2) is 4.39 Å². The van der Waals surface area contributed by atoms with E-state index in [0.717, 1.165) is 12.1 Å². The van der Waals surface area contributed by atoms with E-state index in [1.807, 2.05) is 0 Å². The minimum absolute atomic E-state index is 0.123. The lowest BCUT2D eigenvalue weighted by Crippen LogP contribution is -2.35. The van der Waals surface area contributed by atoms with Crippen LogP contribution in [0.1, 0.15) is 10.4 Å². The van der Waals surface area contributed by atoms with Crippen LogP contribution in [0.2, 0.25) is 0 Å². The van der Waals surface area contributed by atoms with E-state index >= 15 is 0 Å². The molecule has 9 heteroatoms. The fourth-order valence-corrected chi connectivity index (χ4v) is 1.54. The molecule has 0 aliphatic rings. The van der Waals surface area contributed by atoms with Crippen molar-refractivity contribution in [1.29, 1.82) is 0 Å². The Balaban J connectivity index is 3.04. The number of rotatable bonds is 4. The summed E-state index contributed by atoms with van der Waals surface area (Å²) in [6, 6.07) is 1.63. The number of carbonyl (C=O) groups excluding carboxylic acids is 2. The molecule has 0 unspecified atom stereocenters. The largest absolute Gasteiger partial charge is 0.358 e. The standard InChI is InChI=1S/C10H9BrFN3O4/c1-13-9(16)4-14-10(17)5-2-7(12)6(11)3-8(5)15(18)19/h2-3H,4H2,1H3,(H,13,16)(H,14,17). The van der Waals surface area contributed by atoms with E-state index in [4.69, 9.17) is 0 Å². The van der Waals surface area contributed by atoms with E-state index in [1.54, 1.807) is 0 Å². The highest BCUT2D eigenvalue weighted by atomic mass is 79.9. The average Bonchev–Trinajstić information content (AvgIpc) is 2.37. The van der Waals surface area contributed by atoms with Gasteiger partial charge in [0.2, 0.25) is 5.91 Å². The van der Waals surface area contributed by atoms with Crippen LogP contribution in [0, 0.1) is 15.9 Å². The second kappa shape index (κ2) is 6.23. The number of nitro benzene ring substituents is 1. The van der Waals surface area contributed by atoms with Crippen LogP contribution in [0.4, 0.5) is 10.1 Å². The fourth-order valence-electron chi connectivity index (χ4n) is 1.21. The predicted molar refractivity (Wildman–Crippen MR) is 67.2 cm³/mol. The molecule has 0 aliphatic carbocycles. The molecule has 0 aliphatic heterocycles. The summed E-state index contributed by atoms with van der Waals surface area (Å²) in [5.41, 5.74) is -1.00. The number of hydrogen-bond donors (Lipinski definition) is 2. The Hall–Kier alpha value is -2.03. The quantitative estimate of drug-likeness (QED) is 0.633. The second-order valence-corrected chi connectivity index (χ2v) is 4.25. The number of nitro groups is 1. The molecule has 1 rings (SSSR count). The lowest BCUT2D eigenvalue weighted by molar-refractivity contribution is -0.385. The summed E-state index contributed by atoms with van der Waals surface area (Å²) in [7, 11) is 1.37. The second-order valence-electron chi connectivity index (χ2n) is 3.40. The number of nitrogens with one attached hydrogen (secondary N) is 2. The lowest BCUT2D eigenvalue weighted by Gasteiger charge is -2.06. The first-order valence-electron chi connectivity index (χ1n) is 4.99. The van der Waals surface area contributed by atoms with Crippen molar-refractivity contribution in [3.8, 4) is 0 Å². The highest BCUT2D eigenvalue weighted by Gasteiger charge is 2.23. The van der Waals surface area contributed by atoms with Crippen molar-refractivity contribution in [2.45, 2.75) is 0 Å². The zero-order valence-electron chi connectivity index (χ0n) is 9.70. The molecule has 0 saturated carbocycles. The molecule has 2 amide bonds. The maximum atomic E-state index is 13.3. The van der Waals surface area contributed by atoms with Gasteiger partial charge in [0.25, 0.3) is 11.6 Å². The molecule has 0 heterocycles. The predicted octanol–water partition coefficient (Wildman–Crippen LogP) is 0.972. The van der Waals surface area contributed by atoms with Gasteiger partial charge in [-0.3, -0.25) is 19.7 Å². The van der Waals surface area contributed by atoms with Crippen molar-refractivity contribution >= 4 is 33.4 Å². The molecule has 0 radical (unpaired) electrons. The first-order chi connectivity index (χ1) is 8.86. The van der Waals surface area contributed by atoms with Crippen molar-refractivity contribution in [2.75, 3.05) is 13.6 Å². The monoisotopic (exact) mass is 333 g/mol. The van der Waals surface area contributed by atoms with Crippen molar-refractivity contribution in [3.63, 3.8) is 0 Å². The number of carbonyl (C=O) groups is 2. The molecule has 0 spiro atoms. The van der Waals surface area contributed by atoms with E-state index < -0.39 is 33.8 Å². The Kier molecular flexibility index (Phi) is 4.93. The Bertz CT molecular complexity index is 550. The summed E-state index contributed by atoms with van der Waals surface area (Å²) in [4.78, 5) is 32.6. The van der Waals surface area contributed by atoms with Crippen LogP contribution in [0.25, 0.3) is 0 Å². The molecule has 0 fully saturated rings. The zero-order chi connectivity index (χ0) is 14.6. The molecule has 1 aromatic rings. The summed E-state index contributed by atoms with van der Waals surface area (Å²) >= 11 is 2.80. The first-order valence-corrected chi connectivity index (χ1v) is 5.78. The number of likely N-dealkylation sites (N-methyl/N-ethyl adjacent to an activating group) is 1. The third-order valence-corrected chi connectivity index (χ3v) is 2.78. The van der Waals surface area contributed by atoms with Gasteiger partial charge in [0.05, 0.1) is 15.9 Å². The average molecular weight is 334 g/mol. The Morgan fingerprint density at radius 1 is 1.47 bits per heavy atom. The lowest BCUT2D eigenvalue weighted by atomic mass is 10.1. The molecule has 0 saturated heterocycles. The Labute approximate surface area is 115 Å². The molecular weight excluding hydrogens is 325 g/mol. The zero-order valence-corrected chi connectivity index (χ0v) is 11.3. The van der Waals surface area contributed by atoms with Gasteiger partial charge in [-0.15, -0.1) is 0 Å². The molecule has 7 nitrogen and oxygen atoms in total. The first kappa shape index (κ1) is 15.0. The van der Waals surface area contributed by atoms with E-state index in [1.165, 1.54) is 7.05 Å². The smallest absolute Gasteiger partial charge is 0.283 e. The van der Waals surface area contributed by atoms with Gasteiger partial charge in [0, 0.05) is 13.1 Å². The summed E-state index contributed by atoms with van der Waals surface area (Å²) < 4.78 is 13.2. The third-order valence-electron chi connectivity index (χ3n) is 2.17. The highest BCUT2D eigenvalue weighted by Crippen LogP contribution is 2.26. The molecule has 0 atom stereocenters. The van der Waals surface area contributed by atoms with E-state index in [2.05, 4.69) is 26.6 Å². The minimum atomic E-state index is -0.901. The van der Waals surface area contributed by atoms with Crippen LogP contribution in [0.5, 0.6) is 0 Å². The molecule has 0 aromatic heterocycles. The van der Waals surface area contributed by atoms with Gasteiger partial charge >= 0.3 is 0 Å². The maximum Gasteiger partial charge on any atom is 0.283 e. The summed E-state index contributed by atoms with van der Waals surface area (Å²) in [6.07, 6.45) is 0. The van der Waals surface area contributed by atoms with Crippen molar-refractivity contribution in [2.24, 2.45) is 0 Å². The molecule has 1 aromatic carbocycles. The van der Waals surface area contributed by atoms with Crippen LogP contribution in [0.3, 0.4) is 0 Å². The molecule has 0 bridgehead atoms. The topological polar surface area (TPSA) is 101 Å². The number of nitrogens with zero attached hydrogens (tertiary/aromatic N) is 1. The van der Waals surface area contributed by atoms with Crippen molar-refractivity contribution in [1.82, 2.24) is 10.6 Å². The molecule has 19 heavy (non-hydrogen) atoms. The fraction of sp³-hybridized carbons (Fsp3) is 0.200. The van der Waals surface area contributed by atoms with Crippen LogP contribution >= 0.6 is 15.9 Å². The number of amides is 2. The third kappa shape index (κ3) is 3.71. The van der Waals surface area contributed by atoms with Crippen molar-refractivity contribution in [3.05, 3.63) is 38.1 Å². The van der Waals surface area contributed by atoms with Crippen LogP contribution in [-0.2, 0) is 4.79 Å². The van der Waals surface area contributed by atoms with Gasteiger partial charge in [-0.1, -0.05) is 0 Å². The van der Waals surface area contributed by atoms with E-state index in [9.17, 15) is 24.1 Å². The highest BCUT2D eigenvalue weighted by molar-refractivity contribution is 9.10. The van der Waals surface area contributed by atoms with Gasteiger partial charge in [-0.2, -0.15) is 0 Å². The van der Waals surface area contributed by atoms with Gasteiger partial charge in [-0.05, 0) is 22.0 Å². The normalized spacial score (nSPS) is 9.84. The number of benzene rings is 1. The van der Waals surface area contributed by atoms with Crippen molar-refractivity contribution < 1.29 is 18.9 Å². The molecule has 2 N–H and O–H groups in total. The summed E-state index contributed by atoms with van der Waals surface area (Å²) in [5, 5.41) is 15.2. The van der Waals surface area contributed by atoms with E-state index in [-0.39, 0.29) is 11.0 Å². The van der Waals surface area contributed by atoms with Gasteiger partial charge in [0.1, 0.15) is 11.4 Å². The number of hydrogen-bond acceptors (Lipinski definition) is 4. The number of halogens is 2. The van der Waals surface area contributed by atoms with Gasteiger partial charge in [0.15, 0.2) is 0 Å². The molecule has 102 valence electrons. The molecular formula is C10H9BrFN3O4. The van der Waals surface area contributed by atoms with Gasteiger partial charge < -0.3 is 10.6 Å². The summed E-state index contributed by atoms with van der Waals surface area (Å²) in [6.45, 7) is -0.357. The van der Waals surface area contributed by atoms with Crippen LogP contribution in [0.15, 0.2) is 16.6 Å².